The average molecular weight is 366 g/mol. The van der Waals surface area contributed by atoms with Gasteiger partial charge in [0.1, 0.15) is 17.5 Å². The van der Waals surface area contributed by atoms with Gasteiger partial charge in [0.05, 0.1) is 17.4 Å². The highest BCUT2D eigenvalue weighted by molar-refractivity contribution is 5.63. The SMILES string of the molecule is Cc1nc(C)n(C(C)Cc2cc(=O)n3[nH]c(-c4ccc(F)cc4)cc3n2)n1. The first-order valence-electron chi connectivity index (χ1n) is 8.68. The monoisotopic (exact) mass is 366 g/mol. The summed E-state index contributed by atoms with van der Waals surface area (Å²) in [6, 6.07) is 9.41. The molecule has 7 nitrogen and oxygen atoms in total. The lowest BCUT2D eigenvalue weighted by Crippen LogP contribution is -2.18. The molecule has 0 fully saturated rings. The Kier molecular flexibility index (Phi) is 4.10. The van der Waals surface area contributed by atoms with E-state index in [1.54, 1.807) is 18.2 Å². The van der Waals surface area contributed by atoms with E-state index < -0.39 is 0 Å². The second-order valence-corrected chi connectivity index (χ2v) is 6.66. The molecule has 0 bridgehead atoms. The highest BCUT2D eigenvalue weighted by Gasteiger charge is 2.14. The minimum Gasteiger partial charge on any atom is -0.289 e. The van der Waals surface area contributed by atoms with E-state index in [0.29, 0.717) is 23.5 Å². The zero-order valence-electron chi connectivity index (χ0n) is 15.3. The van der Waals surface area contributed by atoms with Crippen molar-refractivity contribution in [2.45, 2.75) is 33.2 Å². The summed E-state index contributed by atoms with van der Waals surface area (Å²) in [7, 11) is 0. The van der Waals surface area contributed by atoms with Gasteiger partial charge in [0.2, 0.25) is 0 Å². The maximum atomic E-state index is 13.1. The fraction of sp³-hybridized carbons (Fsp3) is 0.263. The van der Waals surface area contributed by atoms with Crippen LogP contribution in [0.4, 0.5) is 4.39 Å². The largest absolute Gasteiger partial charge is 0.289 e. The molecule has 1 N–H and O–H groups in total. The van der Waals surface area contributed by atoms with Crippen molar-refractivity contribution < 1.29 is 4.39 Å². The number of aromatic amines is 1. The van der Waals surface area contributed by atoms with E-state index in [2.05, 4.69) is 20.2 Å². The Morgan fingerprint density at radius 3 is 2.56 bits per heavy atom. The van der Waals surface area contributed by atoms with Gasteiger partial charge in [-0.1, -0.05) is 0 Å². The highest BCUT2D eigenvalue weighted by Crippen LogP contribution is 2.19. The molecule has 0 radical (unpaired) electrons. The molecule has 0 saturated carbocycles. The maximum absolute atomic E-state index is 13.1. The molecule has 0 aliphatic rings. The third-order valence-electron chi connectivity index (χ3n) is 4.49. The van der Waals surface area contributed by atoms with Gasteiger partial charge in [-0.15, -0.1) is 0 Å². The fourth-order valence-corrected chi connectivity index (χ4v) is 3.26. The third-order valence-corrected chi connectivity index (χ3v) is 4.49. The molecule has 1 aromatic carbocycles. The molecule has 3 heterocycles. The van der Waals surface area contributed by atoms with Crippen LogP contribution in [-0.4, -0.2) is 29.4 Å². The Morgan fingerprint density at radius 2 is 1.89 bits per heavy atom. The van der Waals surface area contributed by atoms with Gasteiger partial charge < -0.3 is 0 Å². The molecule has 138 valence electrons. The van der Waals surface area contributed by atoms with Gasteiger partial charge in [-0.2, -0.15) is 5.10 Å². The standard InChI is InChI=1S/C19H19FN6O/c1-11(25-13(3)21-12(2)23-25)8-16-9-19(27)26-18(22-16)10-17(24-26)14-4-6-15(20)7-5-14/h4-7,9-11,24H,8H2,1-3H3. The summed E-state index contributed by atoms with van der Waals surface area (Å²) in [5, 5.41) is 7.42. The van der Waals surface area contributed by atoms with Crippen LogP contribution in [0.15, 0.2) is 41.2 Å². The minimum absolute atomic E-state index is 0.0241. The number of benzene rings is 1. The molecule has 0 amide bonds. The third kappa shape index (κ3) is 3.25. The fourth-order valence-electron chi connectivity index (χ4n) is 3.26. The molecule has 0 aliphatic carbocycles. The number of fused-ring (bicyclic) bond motifs is 1. The predicted molar refractivity (Wildman–Crippen MR) is 99.1 cm³/mol. The van der Waals surface area contributed by atoms with Crippen LogP contribution in [0.25, 0.3) is 16.9 Å². The van der Waals surface area contributed by atoms with Crippen molar-refractivity contribution >= 4 is 5.65 Å². The van der Waals surface area contributed by atoms with Gasteiger partial charge in [-0.25, -0.2) is 23.6 Å². The molecule has 8 heteroatoms. The lowest BCUT2D eigenvalue weighted by molar-refractivity contribution is 0.469. The maximum Gasteiger partial charge on any atom is 0.272 e. The highest BCUT2D eigenvalue weighted by atomic mass is 19.1. The first kappa shape index (κ1) is 17.1. The Morgan fingerprint density at radius 1 is 1.15 bits per heavy atom. The van der Waals surface area contributed by atoms with Crippen LogP contribution in [0.5, 0.6) is 0 Å². The van der Waals surface area contributed by atoms with Gasteiger partial charge >= 0.3 is 0 Å². The van der Waals surface area contributed by atoms with E-state index in [4.69, 9.17) is 0 Å². The average Bonchev–Trinajstić information content (AvgIpc) is 3.19. The van der Waals surface area contributed by atoms with Crippen LogP contribution in [0.1, 0.15) is 30.3 Å². The molecular formula is C19H19FN6O. The molecule has 0 aliphatic heterocycles. The molecule has 4 aromatic rings. The van der Waals surface area contributed by atoms with Crippen molar-refractivity contribution in [3.8, 4) is 11.3 Å². The smallest absolute Gasteiger partial charge is 0.272 e. The second kappa shape index (κ2) is 6.46. The van der Waals surface area contributed by atoms with Crippen molar-refractivity contribution in [1.82, 2.24) is 29.4 Å². The minimum atomic E-state index is -0.305. The molecule has 1 unspecified atom stereocenters. The Balaban J connectivity index is 1.68. The second-order valence-electron chi connectivity index (χ2n) is 6.66. The molecule has 0 saturated heterocycles. The van der Waals surface area contributed by atoms with Gasteiger partial charge in [0.25, 0.3) is 5.56 Å². The van der Waals surface area contributed by atoms with Gasteiger partial charge in [-0.05, 0) is 50.6 Å². The predicted octanol–water partition coefficient (Wildman–Crippen LogP) is 2.84. The first-order valence-corrected chi connectivity index (χ1v) is 8.68. The van der Waals surface area contributed by atoms with Crippen LogP contribution < -0.4 is 5.56 Å². The van der Waals surface area contributed by atoms with E-state index >= 15 is 0 Å². The molecule has 1 atom stereocenters. The summed E-state index contributed by atoms with van der Waals surface area (Å²) < 4.78 is 16.4. The van der Waals surface area contributed by atoms with Crippen LogP contribution in [-0.2, 0) is 6.42 Å². The number of hydrogen-bond acceptors (Lipinski definition) is 4. The van der Waals surface area contributed by atoms with Crippen molar-refractivity contribution in [1.29, 1.82) is 0 Å². The van der Waals surface area contributed by atoms with Crippen molar-refractivity contribution in [2.75, 3.05) is 0 Å². The topological polar surface area (TPSA) is 80.9 Å². The van der Waals surface area contributed by atoms with Crippen LogP contribution >= 0.6 is 0 Å². The summed E-state index contributed by atoms with van der Waals surface area (Å²) >= 11 is 0. The molecule has 27 heavy (non-hydrogen) atoms. The van der Waals surface area contributed by atoms with Crippen molar-refractivity contribution in [3.63, 3.8) is 0 Å². The van der Waals surface area contributed by atoms with E-state index in [-0.39, 0.29) is 17.4 Å². The first-order chi connectivity index (χ1) is 12.9. The van der Waals surface area contributed by atoms with Crippen molar-refractivity contribution in [3.05, 3.63) is 69.9 Å². The molecule has 3 aromatic heterocycles. The quantitative estimate of drug-likeness (QED) is 0.602. The van der Waals surface area contributed by atoms with Gasteiger partial charge in [-0.3, -0.25) is 9.89 Å². The number of nitrogens with zero attached hydrogens (tertiary/aromatic N) is 5. The number of aryl methyl sites for hydroxylation is 2. The van der Waals surface area contributed by atoms with Gasteiger partial charge in [0, 0.05) is 18.6 Å². The summed E-state index contributed by atoms with van der Waals surface area (Å²) in [5.41, 5.74) is 2.50. The summed E-state index contributed by atoms with van der Waals surface area (Å²) in [6.07, 6.45) is 0.562. The number of halogens is 1. The Hall–Kier alpha value is -3.29. The van der Waals surface area contributed by atoms with E-state index in [0.717, 1.165) is 17.2 Å². The Bertz CT molecular complexity index is 1170. The van der Waals surface area contributed by atoms with Crippen molar-refractivity contribution in [2.24, 2.45) is 0 Å². The summed E-state index contributed by atoms with van der Waals surface area (Å²) in [6.45, 7) is 5.78. The lowest BCUT2D eigenvalue weighted by Gasteiger charge is -2.12. The summed E-state index contributed by atoms with van der Waals surface area (Å²) in [5.74, 6) is 1.25. The van der Waals surface area contributed by atoms with E-state index in [1.807, 2.05) is 25.5 Å². The zero-order valence-corrected chi connectivity index (χ0v) is 15.3. The number of hydrogen-bond donors (Lipinski definition) is 1. The van der Waals surface area contributed by atoms with Crippen LogP contribution in [0.2, 0.25) is 0 Å². The van der Waals surface area contributed by atoms with Crippen LogP contribution in [0.3, 0.4) is 0 Å². The number of nitrogens with one attached hydrogen (secondary N) is 1. The lowest BCUT2D eigenvalue weighted by atomic mass is 10.1. The number of H-pyrrole nitrogens is 1. The van der Waals surface area contributed by atoms with E-state index in [9.17, 15) is 9.18 Å². The van der Waals surface area contributed by atoms with Gasteiger partial charge in [0.15, 0.2) is 5.65 Å². The number of aromatic nitrogens is 6. The zero-order chi connectivity index (χ0) is 19.1. The molecule has 0 spiro atoms. The molecular weight excluding hydrogens is 347 g/mol. The van der Waals surface area contributed by atoms with E-state index in [1.165, 1.54) is 22.7 Å². The Labute approximate surface area is 154 Å². The van der Waals surface area contributed by atoms with Crippen LogP contribution in [0, 0.1) is 19.7 Å². The normalized spacial score (nSPS) is 12.6. The molecule has 4 rings (SSSR count). The number of rotatable bonds is 4. The summed E-state index contributed by atoms with van der Waals surface area (Å²) in [4.78, 5) is 21.4.